The van der Waals surface area contributed by atoms with Gasteiger partial charge in [-0.25, -0.2) is 0 Å². The zero-order valence-corrected chi connectivity index (χ0v) is 16.7. The van der Waals surface area contributed by atoms with Crippen molar-refractivity contribution >= 4 is 11.7 Å². The maximum absolute atomic E-state index is 11.6. The van der Waals surface area contributed by atoms with Crippen LogP contribution in [-0.2, 0) is 16.6 Å². The van der Waals surface area contributed by atoms with Crippen LogP contribution in [-0.4, -0.2) is 18.1 Å². The van der Waals surface area contributed by atoms with E-state index in [0.29, 0.717) is 12.0 Å². The minimum absolute atomic E-state index is 0.0475. The number of aliphatic carboxylic acids is 1. The van der Waals surface area contributed by atoms with Crippen molar-refractivity contribution in [2.45, 2.75) is 51.0 Å². The van der Waals surface area contributed by atoms with Gasteiger partial charge in [0.15, 0.2) is 0 Å². The quantitative estimate of drug-likeness (QED) is 0.833. The number of nitrogens with zero attached hydrogens (tertiary/aromatic N) is 2. The van der Waals surface area contributed by atoms with Crippen LogP contribution in [0.15, 0.2) is 42.5 Å². The summed E-state index contributed by atoms with van der Waals surface area (Å²) < 4.78 is 0. The molecule has 1 N–H and O–H groups in total. The maximum Gasteiger partial charge on any atom is 0.309 e. The zero-order valence-electron chi connectivity index (χ0n) is 16.7. The topological polar surface area (TPSA) is 64.3 Å². The molecule has 1 heterocycles. The Hall–Kier alpha value is -2.80. The molecule has 1 fully saturated rings. The standard InChI is InChI=1S/C24H26N2O2/c1-23(2)14-21(26(3)20-8-7-17(15-25)12-19(20)23)18-6-4-5-16(11-18)13-24(9-10-24)22(27)28/h4-8,11-12,21H,9-10,13-14H2,1-3H3,(H,27,28). The van der Waals surface area contributed by atoms with Gasteiger partial charge in [0.2, 0.25) is 0 Å². The van der Waals surface area contributed by atoms with Crippen molar-refractivity contribution in [1.29, 1.82) is 5.26 Å². The summed E-state index contributed by atoms with van der Waals surface area (Å²) in [6.45, 7) is 4.47. The van der Waals surface area contributed by atoms with Crippen molar-refractivity contribution in [1.82, 2.24) is 0 Å². The van der Waals surface area contributed by atoms with E-state index in [-0.39, 0.29) is 11.5 Å². The summed E-state index contributed by atoms with van der Waals surface area (Å²) in [7, 11) is 2.11. The first kappa shape index (κ1) is 18.6. The third-order valence-electron chi connectivity index (χ3n) is 6.59. The lowest BCUT2D eigenvalue weighted by Crippen LogP contribution is -2.37. The second-order valence-electron chi connectivity index (χ2n) is 9.07. The van der Waals surface area contributed by atoms with E-state index in [1.54, 1.807) is 0 Å². The molecule has 28 heavy (non-hydrogen) atoms. The summed E-state index contributed by atoms with van der Waals surface area (Å²) in [4.78, 5) is 13.9. The Balaban J connectivity index is 1.67. The molecule has 0 bridgehead atoms. The minimum atomic E-state index is -0.670. The predicted molar refractivity (Wildman–Crippen MR) is 109 cm³/mol. The van der Waals surface area contributed by atoms with Crippen molar-refractivity contribution in [3.8, 4) is 6.07 Å². The number of benzene rings is 2. The van der Waals surface area contributed by atoms with E-state index in [0.717, 1.165) is 30.5 Å². The molecule has 2 aromatic rings. The van der Waals surface area contributed by atoms with Crippen LogP contribution in [0.1, 0.15) is 61.4 Å². The Labute approximate surface area is 166 Å². The highest BCUT2D eigenvalue weighted by atomic mass is 16.4. The maximum atomic E-state index is 11.6. The van der Waals surface area contributed by atoms with Gasteiger partial charge in [-0.15, -0.1) is 0 Å². The fourth-order valence-electron chi connectivity index (χ4n) is 4.61. The lowest BCUT2D eigenvalue weighted by Gasteiger charge is -2.44. The van der Waals surface area contributed by atoms with Crippen LogP contribution in [0.5, 0.6) is 0 Å². The van der Waals surface area contributed by atoms with E-state index in [1.165, 1.54) is 11.1 Å². The van der Waals surface area contributed by atoms with Crippen molar-refractivity contribution in [3.05, 3.63) is 64.7 Å². The average molecular weight is 374 g/mol. The van der Waals surface area contributed by atoms with E-state index in [1.807, 2.05) is 18.2 Å². The highest BCUT2D eigenvalue weighted by Gasteiger charge is 2.50. The minimum Gasteiger partial charge on any atom is -0.481 e. The first-order valence-corrected chi connectivity index (χ1v) is 9.85. The SMILES string of the molecule is CN1c2ccc(C#N)cc2C(C)(C)CC1c1cccc(CC2(C(=O)O)CC2)c1. The van der Waals surface area contributed by atoms with Gasteiger partial charge in [0.25, 0.3) is 0 Å². The van der Waals surface area contributed by atoms with Crippen LogP contribution < -0.4 is 4.90 Å². The molecule has 4 heteroatoms. The monoisotopic (exact) mass is 374 g/mol. The average Bonchev–Trinajstić information content (AvgIpc) is 3.45. The summed E-state index contributed by atoms with van der Waals surface area (Å²) in [6, 6.07) is 16.9. The normalized spacial score (nSPS) is 21.5. The smallest absolute Gasteiger partial charge is 0.309 e. The molecular weight excluding hydrogens is 348 g/mol. The molecule has 2 aliphatic rings. The lowest BCUT2D eigenvalue weighted by molar-refractivity contribution is -0.143. The second kappa shape index (κ2) is 6.38. The molecule has 0 spiro atoms. The first-order valence-electron chi connectivity index (χ1n) is 9.85. The van der Waals surface area contributed by atoms with Crippen LogP contribution >= 0.6 is 0 Å². The van der Waals surface area contributed by atoms with E-state index in [4.69, 9.17) is 0 Å². The van der Waals surface area contributed by atoms with Gasteiger partial charge in [-0.3, -0.25) is 4.79 Å². The summed E-state index contributed by atoms with van der Waals surface area (Å²) in [6.07, 6.45) is 3.10. The molecule has 0 saturated heterocycles. The third kappa shape index (κ3) is 3.05. The molecule has 1 saturated carbocycles. The van der Waals surface area contributed by atoms with Gasteiger partial charge in [-0.05, 0) is 66.0 Å². The van der Waals surface area contributed by atoms with Crippen LogP contribution in [0.3, 0.4) is 0 Å². The molecular formula is C24H26N2O2. The van der Waals surface area contributed by atoms with Crippen LogP contribution in [0.2, 0.25) is 0 Å². The molecule has 1 atom stereocenters. The number of carboxylic acid groups (broad SMARTS) is 1. The summed E-state index contributed by atoms with van der Waals surface area (Å²) in [5.74, 6) is -0.670. The first-order chi connectivity index (χ1) is 13.3. The Morgan fingerprint density at radius 1 is 1.25 bits per heavy atom. The molecule has 0 aromatic heterocycles. The van der Waals surface area contributed by atoms with E-state index < -0.39 is 11.4 Å². The number of rotatable bonds is 4. The Morgan fingerprint density at radius 2 is 2.00 bits per heavy atom. The molecule has 1 unspecified atom stereocenters. The molecule has 4 nitrogen and oxygen atoms in total. The summed E-state index contributed by atoms with van der Waals surface area (Å²) >= 11 is 0. The van der Waals surface area contributed by atoms with Gasteiger partial charge in [-0.2, -0.15) is 5.26 Å². The Bertz CT molecular complexity index is 982. The van der Waals surface area contributed by atoms with Gasteiger partial charge < -0.3 is 10.0 Å². The fraction of sp³-hybridized carbons (Fsp3) is 0.417. The number of carboxylic acids is 1. The third-order valence-corrected chi connectivity index (χ3v) is 6.59. The van der Waals surface area contributed by atoms with Gasteiger partial charge in [0, 0.05) is 12.7 Å². The second-order valence-corrected chi connectivity index (χ2v) is 9.07. The summed E-state index contributed by atoms with van der Waals surface area (Å²) in [5.41, 5.74) is 4.81. The van der Waals surface area contributed by atoms with Crippen LogP contribution in [0.4, 0.5) is 5.69 Å². The number of fused-ring (bicyclic) bond motifs is 1. The number of carbonyl (C=O) groups is 1. The van der Waals surface area contributed by atoms with Gasteiger partial charge in [0.05, 0.1) is 23.1 Å². The number of hydrogen-bond donors (Lipinski definition) is 1. The van der Waals surface area contributed by atoms with Gasteiger partial charge >= 0.3 is 5.97 Å². The molecule has 0 amide bonds. The fourth-order valence-corrected chi connectivity index (χ4v) is 4.61. The molecule has 2 aromatic carbocycles. The largest absolute Gasteiger partial charge is 0.481 e. The van der Waals surface area contributed by atoms with Crippen molar-refractivity contribution < 1.29 is 9.90 Å². The van der Waals surface area contributed by atoms with Crippen LogP contribution in [0.25, 0.3) is 0 Å². The van der Waals surface area contributed by atoms with E-state index in [2.05, 4.69) is 56.1 Å². The van der Waals surface area contributed by atoms with E-state index >= 15 is 0 Å². The molecule has 0 radical (unpaired) electrons. The Morgan fingerprint density at radius 3 is 2.64 bits per heavy atom. The molecule has 1 aliphatic carbocycles. The van der Waals surface area contributed by atoms with Crippen molar-refractivity contribution in [2.24, 2.45) is 5.41 Å². The van der Waals surface area contributed by atoms with E-state index in [9.17, 15) is 15.2 Å². The Kier molecular flexibility index (Phi) is 4.23. The highest BCUT2D eigenvalue weighted by molar-refractivity contribution is 5.78. The molecule has 1 aliphatic heterocycles. The predicted octanol–water partition coefficient (Wildman–Crippen LogP) is 4.82. The number of nitriles is 1. The van der Waals surface area contributed by atoms with Gasteiger partial charge in [0.1, 0.15) is 0 Å². The molecule has 4 rings (SSSR count). The molecule has 144 valence electrons. The lowest BCUT2D eigenvalue weighted by atomic mass is 9.72. The van der Waals surface area contributed by atoms with Gasteiger partial charge in [-0.1, -0.05) is 38.1 Å². The van der Waals surface area contributed by atoms with Crippen LogP contribution in [0, 0.1) is 16.7 Å². The van der Waals surface area contributed by atoms with Crippen molar-refractivity contribution in [2.75, 3.05) is 11.9 Å². The van der Waals surface area contributed by atoms with Crippen molar-refractivity contribution in [3.63, 3.8) is 0 Å². The highest BCUT2D eigenvalue weighted by Crippen LogP contribution is 2.50. The summed E-state index contributed by atoms with van der Waals surface area (Å²) in [5, 5.41) is 18.8. The number of anilines is 1. The zero-order chi connectivity index (χ0) is 20.1. The number of hydrogen-bond acceptors (Lipinski definition) is 3.